The maximum absolute atomic E-state index is 14.1. The number of hydrogen-bond acceptors (Lipinski definition) is 6. The van der Waals surface area contributed by atoms with Crippen molar-refractivity contribution in [2.45, 2.75) is 37.3 Å². The van der Waals surface area contributed by atoms with Gasteiger partial charge in [0.1, 0.15) is 45.0 Å². The number of rotatable bonds is 10. The van der Waals surface area contributed by atoms with Gasteiger partial charge in [0.15, 0.2) is 6.54 Å². The maximum atomic E-state index is 14.1. The monoisotopic (exact) mass is 703 g/mol. The van der Waals surface area contributed by atoms with Crippen LogP contribution in [-0.4, -0.2) is 121 Å². The molecule has 6 aliphatic heterocycles. The highest BCUT2D eigenvalue weighted by atomic mass is 32.2. The lowest BCUT2D eigenvalue weighted by Gasteiger charge is -2.55. The fourth-order valence-corrected chi connectivity index (χ4v) is 11.0. The van der Waals surface area contributed by atoms with Crippen molar-refractivity contribution in [2.75, 3.05) is 68.5 Å². The number of quaternary nitrogens is 2. The number of carboxylic acids is 1. The Kier molecular flexibility index (Phi) is 7.60. The molecular weight excluding hydrogens is 660 g/mol. The molecule has 6 aliphatic rings. The molecule has 9 rings (SSSR count). The summed E-state index contributed by atoms with van der Waals surface area (Å²) in [5.74, 6) is -2.19. The molecule has 2 bridgehead atoms. The highest BCUT2D eigenvalue weighted by Crippen LogP contribution is 2.50. The largest absolute Gasteiger partial charge is 0.477 e. The first kappa shape index (κ1) is 32.8. The number of β-lactam (4-membered cyclic amide) rings is 1. The summed E-state index contributed by atoms with van der Waals surface area (Å²) in [5.41, 5.74) is 1.76. The third kappa shape index (κ3) is 4.94. The van der Waals surface area contributed by atoms with Crippen molar-refractivity contribution in [3.8, 4) is 0 Å². The summed E-state index contributed by atoms with van der Waals surface area (Å²) in [6.07, 6.45) is 1.62. The third-order valence-corrected chi connectivity index (χ3v) is 14.0. The number of aliphatic carboxylic acids is 1. The number of nitrogens with one attached hydrogen (secondary N) is 2. The number of benzene rings is 2. The van der Waals surface area contributed by atoms with E-state index in [-0.39, 0.29) is 23.0 Å². The highest BCUT2D eigenvalue weighted by molar-refractivity contribution is 7.93. The van der Waals surface area contributed by atoms with Gasteiger partial charge in [0, 0.05) is 23.8 Å². The number of aromatic nitrogens is 1. The quantitative estimate of drug-likeness (QED) is 0.212. The van der Waals surface area contributed by atoms with Crippen molar-refractivity contribution in [3.05, 3.63) is 71.6 Å². The highest BCUT2D eigenvalue weighted by Gasteiger charge is 2.60. The van der Waals surface area contributed by atoms with Gasteiger partial charge in [0.05, 0.1) is 47.9 Å². The van der Waals surface area contributed by atoms with E-state index in [0.29, 0.717) is 29.0 Å². The van der Waals surface area contributed by atoms with Gasteiger partial charge in [-0.3, -0.25) is 13.6 Å². The fourth-order valence-electron chi connectivity index (χ4n) is 9.32. The van der Waals surface area contributed by atoms with Crippen molar-refractivity contribution in [1.82, 2.24) is 4.90 Å². The van der Waals surface area contributed by atoms with E-state index in [0.717, 1.165) is 72.1 Å². The Morgan fingerprint density at radius 3 is 2.40 bits per heavy atom. The molecule has 4 atom stereocenters. The van der Waals surface area contributed by atoms with Crippen molar-refractivity contribution in [3.63, 3.8) is 0 Å². The summed E-state index contributed by atoms with van der Waals surface area (Å²) in [7, 11) is -4.00. The molecule has 4 saturated heterocycles. The number of carbonyl (C=O) groups excluding carboxylic acids is 2. The molecule has 1 aromatic heterocycles. The lowest BCUT2D eigenvalue weighted by atomic mass is 9.78. The number of nitrogens with zero attached hydrogens (tertiary/aromatic N) is 4. The van der Waals surface area contributed by atoms with E-state index in [9.17, 15) is 33.0 Å². The maximum Gasteiger partial charge on any atom is 0.362 e. The number of piperazine rings is 3. The molecule has 2 aromatic carbocycles. The van der Waals surface area contributed by atoms with Crippen LogP contribution in [0.25, 0.3) is 10.8 Å². The average Bonchev–Trinajstić information content (AvgIpc) is 3.46. The van der Waals surface area contributed by atoms with E-state index in [1.165, 1.54) is 16.1 Å². The number of H-pyrrole nitrogens is 1. The summed E-state index contributed by atoms with van der Waals surface area (Å²) in [5, 5.41) is 24.9. The minimum atomic E-state index is -4.00. The molecule has 14 heteroatoms. The number of aromatic amines is 1. The van der Waals surface area contributed by atoms with Crippen LogP contribution in [0.3, 0.4) is 0 Å². The topological polar surface area (TPSA) is 158 Å². The van der Waals surface area contributed by atoms with Crippen LogP contribution in [0.15, 0.2) is 70.9 Å². The molecule has 0 saturated carbocycles. The van der Waals surface area contributed by atoms with Crippen LogP contribution >= 0.6 is 0 Å². The molecule has 0 unspecified atom stereocenters. The Bertz CT molecular complexity index is 2060. The van der Waals surface area contributed by atoms with Gasteiger partial charge < -0.3 is 19.6 Å². The predicted molar refractivity (Wildman–Crippen MR) is 183 cm³/mol. The third-order valence-electron chi connectivity index (χ3n) is 12.2. The molecule has 0 radical (unpaired) electrons. The summed E-state index contributed by atoms with van der Waals surface area (Å²) in [4.78, 5) is 42.7. The molecule has 50 heavy (non-hydrogen) atoms. The van der Waals surface area contributed by atoms with E-state index in [1.807, 2.05) is 36.4 Å². The van der Waals surface area contributed by atoms with Crippen LogP contribution in [-0.2, 0) is 30.8 Å². The van der Waals surface area contributed by atoms with Gasteiger partial charge in [-0.1, -0.05) is 31.2 Å². The molecule has 4 N–H and O–H groups in total. The number of hydrogen-bond donors (Lipinski definition) is 3. The van der Waals surface area contributed by atoms with Crippen molar-refractivity contribution < 1.29 is 47.0 Å². The van der Waals surface area contributed by atoms with Crippen LogP contribution in [0.4, 0.5) is 11.5 Å². The molecule has 3 aromatic rings. The fraction of sp³-hybridized carbons (Fsp3) is 0.444. The van der Waals surface area contributed by atoms with Crippen LogP contribution in [0.1, 0.15) is 19.4 Å². The molecule has 13 nitrogen and oxygen atoms in total. The molecule has 7 heterocycles. The molecule has 262 valence electrons. The van der Waals surface area contributed by atoms with Crippen LogP contribution in [0.2, 0.25) is 0 Å². The standard InChI is InChI=1S/C36H40N6O7S/c1-22-26(34(36(46)47)40-33(22)31(23(2)43)35(40)45)20-39-27-7-5-6-25-24(9-10-28(32(25)27)50(39,48)49)11-13-41-14-17-42(18-15-41,19-16-41)21-30(44)38-29-8-3-4-12-37-29/h3-10,12,22-23,31,33,43H,11,13-21H2,1-2H3/p+3/t22-,23+,31+,33+,41?,42?/m0/s1. The van der Waals surface area contributed by atoms with E-state index in [2.05, 4.69) is 10.3 Å². The first-order valence-corrected chi connectivity index (χ1v) is 18.8. The number of fused-ring (bicyclic) bond motifs is 4. The van der Waals surface area contributed by atoms with Crippen LogP contribution in [0.5, 0.6) is 0 Å². The van der Waals surface area contributed by atoms with Gasteiger partial charge in [-0.05, 0) is 41.6 Å². The van der Waals surface area contributed by atoms with Gasteiger partial charge in [-0.2, -0.15) is 0 Å². The van der Waals surface area contributed by atoms with Crippen LogP contribution < -0.4 is 14.6 Å². The second kappa shape index (κ2) is 11.6. The van der Waals surface area contributed by atoms with Gasteiger partial charge in [0.2, 0.25) is 5.91 Å². The van der Waals surface area contributed by atoms with Crippen LogP contribution in [0, 0.1) is 11.8 Å². The first-order chi connectivity index (χ1) is 23.8. The van der Waals surface area contributed by atoms with Crippen molar-refractivity contribution in [2.24, 2.45) is 11.8 Å². The number of anilines is 2. The lowest BCUT2D eigenvalue weighted by Crippen LogP contribution is -2.76. The number of carboxylic acid groups (broad SMARTS) is 1. The Balaban J connectivity index is 1.00. The zero-order valence-corrected chi connectivity index (χ0v) is 29.0. The van der Waals surface area contributed by atoms with Crippen molar-refractivity contribution in [1.29, 1.82) is 0 Å². The molecular formula is C36H43N6O7S+3. The van der Waals surface area contributed by atoms with Gasteiger partial charge in [-0.25, -0.2) is 28.3 Å². The average molecular weight is 704 g/mol. The number of aliphatic hydroxyl groups excluding tert-OH is 1. The van der Waals surface area contributed by atoms with E-state index in [1.54, 1.807) is 25.3 Å². The zero-order chi connectivity index (χ0) is 35.2. The van der Waals surface area contributed by atoms with Gasteiger partial charge >= 0.3 is 11.9 Å². The summed E-state index contributed by atoms with van der Waals surface area (Å²) >= 11 is 0. The number of aliphatic hydroxyl groups is 1. The lowest BCUT2D eigenvalue weighted by molar-refractivity contribution is -1.08. The normalized spacial score (nSPS) is 29.7. The van der Waals surface area contributed by atoms with E-state index < -0.39 is 45.9 Å². The second-order valence-electron chi connectivity index (χ2n) is 14.8. The Morgan fingerprint density at radius 2 is 1.74 bits per heavy atom. The Labute approximate surface area is 290 Å². The Morgan fingerprint density at radius 1 is 1.02 bits per heavy atom. The Hall–Kier alpha value is -4.37. The number of carbonyl (C=O) groups is 3. The predicted octanol–water partition coefficient (Wildman–Crippen LogP) is 1.20. The summed E-state index contributed by atoms with van der Waals surface area (Å²) in [6.45, 7) is 10.3. The number of pyridine rings is 1. The second-order valence-corrected chi connectivity index (χ2v) is 16.7. The van der Waals surface area contributed by atoms with E-state index in [4.69, 9.17) is 0 Å². The minimum Gasteiger partial charge on any atom is -0.477 e. The zero-order valence-electron chi connectivity index (χ0n) is 28.2. The summed E-state index contributed by atoms with van der Waals surface area (Å²) < 4.78 is 31.2. The first-order valence-electron chi connectivity index (χ1n) is 17.4. The molecule has 4 fully saturated rings. The minimum absolute atomic E-state index is 0.0198. The molecule has 0 spiro atoms. The molecule has 0 aliphatic carbocycles. The van der Waals surface area contributed by atoms with Crippen molar-refractivity contribution >= 4 is 50.1 Å². The number of amides is 2. The molecule has 2 amide bonds. The SMILES string of the molecule is C[C@@H](O)[C@H]1C(=O)N2C(C(=O)O)=C(CN3c4cccc5c(CC[N+]67CC[N+](CC(=O)Nc8cccc[nH+]8)(CC6)CC7)ccc(c45)S3(=O)=O)[C@H](C)[C@H]12. The van der Waals surface area contributed by atoms with E-state index >= 15 is 0 Å². The smallest absolute Gasteiger partial charge is 0.362 e. The summed E-state index contributed by atoms with van der Waals surface area (Å²) in [6, 6.07) is 14.3. The number of sulfonamides is 1. The van der Waals surface area contributed by atoms with Gasteiger partial charge in [0.25, 0.3) is 15.8 Å². The van der Waals surface area contributed by atoms with Gasteiger partial charge in [-0.15, -0.1) is 0 Å².